The van der Waals surface area contributed by atoms with E-state index < -0.39 is 11.7 Å². The van der Waals surface area contributed by atoms with E-state index in [4.69, 9.17) is 0 Å². The fourth-order valence-corrected chi connectivity index (χ4v) is 8.49. The molecule has 4 aromatic heterocycles. The van der Waals surface area contributed by atoms with Gasteiger partial charge in [-0.25, -0.2) is 29.9 Å². The summed E-state index contributed by atoms with van der Waals surface area (Å²) in [6, 6.07) is 38.5. The molecule has 0 N–H and O–H groups in total. The quantitative estimate of drug-likeness (QED) is 0.171. The molecule has 10 aromatic rings. The molecule has 0 atom stereocenters. The molecule has 0 unspecified atom stereocenters. The first-order valence-electron chi connectivity index (χ1n) is 19.2. The largest absolute Gasteiger partial charge is 0.417 e. The van der Waals surface area contributed by atoms with Gasteiger partial charge in [-0.3, -0.25) is 0 Å². The van der Waals surface area contributed by atoms with Crippen molar-refractivity contribution in [2.24, 2.45) is 0 Å². The average molecular weight is 792 g/mol. The normalized spacial score (nSPS) is 11.9. The molecule has 0 aliphatic carbocycles. The van der Waals surface area contributed by atoms with Crippen LogP contribution in [0.2, 0.25) is 0 Å². The van der Waals surface area contributed by atoms with Crippen molar-refractivity contribution in [2.45, 2.75) is 33.9 Å². The molecule has 0 fully saturated rings. The second-order valence-corrected chi connectivity index (χ2v) is 14.7. The summed E-state index contributed by atoms with van der Waals surface area (Å²) in [5, 5.41) is 14.1. The Hall–Kier alpha value is -7.78. The molecule has 0 aliphatic heterocycles. The SMILES string of the molecule is Cc1nc(C)nc(-c2ccc3c(c2)c2ccccc2n3-c2cc(C#N)cc(-n3c4ccccc4c4cc(-c5nc(C)nc(C)n5)ccc43)c2-c2ccccc2C(F)(F)F)n1. The number of benzene rings is 6. The third-order valence-corrected chi connectivity index (χ3v) is 10.8. The maximum Gasteiger partial charge on any atom is 0.417 e. The molecule has 0 amide bonds. The molecule has 10 rings (SSSR count). The van der Waals surface area contributed by atoms with Gasteiger partial charge in [0.1, 0.15) is 23.3 Å². The van der Waals surface area contributed by atoms with Crippen molar-refractivity contribution in [1.29, 1.82) is 5.26 Å². The van der Waals surface area contributed by atoms with E-state index in [2.05, 4.69) is 36.0 Å². The molecule has 0 saturated carbocycles. The highest BCUT2D eigenvalue weighted by Gasteiger charge is 2.35. The van der Waals surface area contributed by atoms with E-state index in [-0.39, 0.29) is 11.1 Å². The second-order valence-electron chi connectivity index (χ2n) is 14.7. The lowest BCUT2D eigenvalue weighted by atomic mass is 9.94. The standard InChI is InChI=1S/C48H32F3N9/c1-26-53-27(2)56-46(55-26)31-17-19-41-36(23-31)33-11-6-9-15-39(33)59(41)43-21-30(25-52)22-44(45(43)35-13-5-8-14-38(35)48(49,50)51)60-40-16-10-7-12-34(40)37-24-32(18-20-42(37)60)47-57-28(3)54-29(4)58-47/h5-24H,1-4H3. The molecule has 0 aliphatic rings. The molecule has 60 heavy (non-hydrogen) atoms. The second kappa shape index (κ2) is 13.7. The maximum atomic E-state index is 15.3. The van der Waals surface area contributed by atoms with Gasteiger partial charge >= 0.3 is 6.18 Å². The first-order chi connectivity index (χ1) is 29.0. The monoisotopic (exact) mass is 791 g/mol. The zero-order valence-electron chi connectivity index (χ0n) is 32.7. The molecule has 0 saturated heterocycles. The van der Waals surface area contributed by atoms with Crippen molar-refractivity contribution in [1.82, 2.24) is 39.0 Å². The van der Waals surface area contributed by atoms with Crippen LogP contribution in [0.3, 0.4) is 0 Å². The molecule has 0 bridgehead atoms. The third kappa shape index (κ3) is 5.93. The van der Waals surface area contributed by atoms with Crippen molar-refractivity contribution < 1.29 is 13.2 Å². The number of aromatic nitrogens is 8. The number of alkyl halides is 3. The highest BCUT2D eigenvalue weighted by molar-refractivity contribution is 6.13. The van der Waals surface area contributed by atoms with E-state index in [0.717, 1.165) is 60.8 Å². The van der Waals surface area contributed by atoms with Crippen LogP contribution in [0.15, 0.2) is 121 Å². The molecule has 12 heteroatoms. The molecule has 4 heterocycles. The van der Waals surface area contributed by atoms with Crippen molar-refractivity contribution in [3.63, 3.8) is 0 Å². The van der Waals surface area contributed by atoms with Crippen molar-refractivity contribution in [3.05, 3.63) is 156 Å². The van der Waals surface area contributed by atoms with Crippen molar-refractivity contribution in [2.75, 3.05) is 0 Å². The number of rotatable bonds is 5. The van der Waals surface area contributed by atoms with Gasteiger partial charge in [0.25, 0.3) is 0 Å². The summed E-state index contributed by atoms with van der Waals surface area (Å²) in [6.45, 7) is 7.26. The predicted octanol–water partition coefficient (Wildman–Crippen LogP) is 11.4. The summed E-state index contributed by atoms with van der Waals surface area (Å²) in [5.74, 6) is 3.39. The minimum atomic E-state index is -4.70. The van der Waals surface area contributed by atoms with Crippen LogP contribution in [0, 0.1) is 39.0 Å². The Kier molecular flexibility index (Phi) is 8.33. The van der Waals surface area contributed by atoms with E-state index in [1.54, 1.807) is 18.2 Å². The van der Waals surface area contributed by atoms with Gasteiger partial charge in [-0.2, -0.15) is 18.4 Å². The topological polar surface area (TPSA) is 111 Å². The highest BCUT2D eigenvalue weighted by atomic mass is 19.4. The zero-order valence-corrected chi connectivity index (χ0v) is 32.7. The Morgan fingerprint density at radius 1 is 0.483 bits per heavy atom. The summed E-state index contributed by atoms with van der Waals surface area (Å²) in [6.07, 6.45) is -4.70. The van der Waals surface area contributed by atoms with Gasteiger partial charge in [-0.1, -0.05) is 54.6 Å². The number of nitrogens with zero attached hydrogens (tertiary/aromatic N) is 9. The minimum absolute atomic E-state index is 0.0307. The van der Waals surface area contributed by atoms with E-state index in [0.29, 0.717) is 51.9 Å². The third-order valence-electron chi connectivity index (χ3n) is 10.8. The zero-order chi connectivity index (χ0) is 41.4. The molecule has 0 radical (unpaired) electrons. The van der Waals surface area contributed by atoms with Crippen LogP contribution in [-0.4, -0.2) is 39.0 Å². The molecule has 6 aromatic carbocycles. The number of aryl methyl sites for hydroxylation is 4. The van der Waals surface area contributed by atoms with Crippen LogP contribution in [0.1, 0.15) is 34.4 Å². The summed E-state index contributed by atoms with van der Waals surface area (Å²) in [4.78, 5) is 27.1. The maximum absolute atomic E-state index is 15.3. The lowest BCUT2D eigenvalue weighted by Crippen LogP contribution is -2.10. The van der Waals surface area contributed by atoms with Gasteiger partial charge in [0.2, 0.25) is 0 Å². The van der Waals surface area contributed by atoms with Crippen molar-refractivity contribution in [3.8, 4) is 51.3 Å². The van der Waals surface area contributed by atoms with Crippen LogP contribution in [-0.2, 0) is 6.18 Å². The van der Waals surface area contributed by atoms with Crippen LogP contribution < -0.4 is 0 Å². The lowest BCUT2D eigenvalue weighted by Gasteiger charge is -2.23. The Morgan fingerprint density at radius 3 is 1.35 bits per heavy atom. The number of halogens is 3. The van der Waals surface area contributed by atoms with Gasteiger partial charge in [0.15, 0.2) is 11.6 Å². The van der Waals surface area contributed by atoms with Crippen LogP contribution >= 0.6 is 0 Å². The van der Waals surface area contributed by atoms with Gasteiger partial charge in [0.05, 0.1) is 50.6 Å². The van der Waals surface area contributed by atoms with E-state index in [1.807, 2.05) is 122 Å². The lowest BCUT2D eigenvalue weighted by molar-refractivity contribution is -0.137. The van der Waals surface area contributed by atoms with Crippen molar-refractivity contribution >= 4 is 43.6 Å². The molecule has 0 spiro atoms. The van der Waals surface area contributed by atoms with Crippen LogP contribution in [0.4, 0.5) is 13.2 Å². The summed E-state index contributed by atoms with van der Waals surface area (Å²) in [7, 11) is 0. The Balaban J connectivity index is 1.34. The first kappa shape index (κ1) is 36.6. The number of fused-ring (bicyclic) bond motifs is 6. The van der Waals surface area contributed by atoms with Gasteiger partial charge in [0, 0.05) is 38.2 Å². The van der Waals surface area contributed by atoms with Gasteiger partial charge in [-0.05, 0) is 100.0 Å². The first-order valence-corrected chi connectivity index (χ1v) is 19.2. The van der Waals surface area contributed by atoms with Gasteiger partial charge in [-0.15, -0.1) is 0 Å². The number of hydrogen-bond donors (Lipinski definition) is 0. The average Bonchev–Trinajstić information content (AvgIpc) is 3.74. The number of para-hydroxylation sites is 2. The number of hydrogen-bond acceptors (Lipinski definition) is 7. The predicted molar refractivity (Wildman–Crippen MR) is 227 cm³/mol. The highest BCUT2D eigenvalue weighted by Crippen LogP contribution is 2.47. The number of nitriles is 1. The van der Waals surface area contributed by atoms with E-state index in [9.17, 15) is 5.26 Å². The van der Waals surface area contributed by atoms with Crippen LogP contribution in [0.25, 0.3) is 88.9 Å². The molecule has 290 valence electrons. The Labute approximate surface area is 341 Å². The fraction of sp³-hybridized carbons (Fsp3) is 0.104. The Bertz CT molecular complexity index is 3220. The summed E-state index contributed by atoms with van der Waals surface area (Å²) in [5.41, 5.74) is 5.02. The molecular weight excluding hydrogens is 760 g/mol. The molecular formula is C48H32F3N9. The van der Waals surface area contributed by atoms with E-state index in [1.165, 1.54) is 12.1 Å². The summed E-state index contributed by atoms with van der Waals surface area (Å²) >= 11 is 0. The van der Waals surface area contributed by atoms with Crippen LogP contribution in [0.5, 0.6) is 0 Å². The smallest absolute Gasteiger partial charge is 0.308 e. The van der Waals surface area contributed by atoms with E-state index >= 15 is 13.2 Å². The fourth-order valence-electron chi connectivity index (χ4n) is 8.49. The van der Waals surface area contributed by atoms with Gasteiger partial charge < -0.3 is 9.13 Å². The minimum Gasteiger partial charge on any atom is -0.308 e. The summed E-state index contributed by atoms with van der Waals surface area (Å²) < 4.78 is 49.7. The Morgan fingerprint density at radius 2 is 0.900 bits per heavy atom. The molecule has 9 nitrogen and oxygen atoms in total.